The summed E-state index contributed by atoms with van der Waals surface area (Å²) in [5.74, 6) is 0.762. The van der Waals surface area contributed by atoms with Crippen LogP contribution in [0.15, 0.2) is 24.3 Å². The molecule has 1 heterocycles. The predicted molar refractivity (Wildman–Crippen MR) is 115 cm³/mol. The lowest BCUT2D eigenvalue weighted by atomic mass is 9.88. The Balaban J connectivity index is 1.82. The summed E-state index contributed by atoms with van der Waals surface area (Å²) >= 11 is 1.73. The maximum atomic E-state index is 13.3. The molecule has 0 spiro atoms. The normalized spacial score (nSPS) is 23.1. The highest BCUT2D eigenvalue weighted by atomic mass is 32.2. The number of amides is 2. The fourth-order valence-corrected chi connectivity index (χ4v) is 5.81. The molecule has 1 aliphatic heterocycles. The van der Waals surface area contributed by atoms with Gasteiger partial charge in [-0.05, 0) is 50.7 Å². The summed E-state index contributed by atoms with van der Waals surface area (Å²) in [6.07, 6.45) is 6.59. The first-order valence-corrected chi connectivity index (χ1v) is 11.6. The molecule has 3 rings (SSSR count). The predicted octanol–water partition coefficient (Wildman–Crippen LogP) is 5.06. The number of ether oxygens (including phenoxy) is 1. The minimum atomic E-state index is -0.520. The SMILES string of the molecule is CCc1ccccc1NC(=O)N1C(C(=O)OC(C)C)CSC1C1CCCCC1. The van der Waals surface area contributed by atoms with Gasteiger partial charge in [-0.2, -0.15) is 0 Å². The van der Waals surface area contributed by atoms with Crippen molar-refractivity contribution in [3.63, 3.8) is 0 Å². The number of urea groups is 1. The van der Waals surface area contributed by atoms with Crippen LogP contribution in [0, 0.1) is 5.92 Å². The van der Waals surface area contributed by atoms with Gasteiger partial charge in [0.1, 0.15) is 6.04 Å². The first-order chi connectivity index (χ1) is 13.5. The van der Waals surface area contributed by atoms with E-state index in [4.69, 9.17) is 4.74 Å². The zero-order chi connectivity index (χ0) is 20.1. The minimum absolute atomic E-state index is 0.0406. The van der Waals surface area contributed by atoms with Gasteiger partial charge in [-0.3, -0.25) is 4.90 Å². The molecule has 0 aromatic heterocycles. The smallest absolute Gasteiger partial charge is 0.330 e. The molecule has 0 radical (unpaired) electrons. The molecule has 28 heavy (non-hydrogen) atoms. The van der Waals surface area contributed by atoms with Crippen LogP contribution in [0.2, 0.25) is 0 Å². The van der Waals surface area contributed by atoms with Gasteiger partial charge in [0.05, 0.1) is 11.5 Å². The second kappa shape index (κ2) is 9.68. The van der Waals surface area contributed by atoms with Gasteiger partial charge in [0, 0.05) is 11.4 Å². The number of para-hydroxylation sites is 1. The molecule has 2 aliphatic rings. The number of anilines is 1. The van der Waals surface area contributed by atoms with E-state index >= 15 is 0 Å². The number of aryl methyl sites for hydroxylation is 1. The van der Waals surface area contributed by atoms with Crippen LogP contribution in [-0.4, -0.2) is 40.2 Å². The Hall–Kier alpha value is -1.69. The lowest BCUT2D eigenvalue weighted by Gasteiger charge is -2.35. The topological polar surface area (TPSA) is 58.6 Å². The molecule has 2 fully saturated rings. The van der Waals surface area contributed by atoms with Crippen LogP contribution in [0.25, 0.3) is 0 Å². The number of nitrogens with one attached hydrogen (secondary N) is 1. The second-order valence-electron chi connectivity index (χ2n) is 7.97. The number of nitrogens with zero attached hydrogens (tertiary/aromatic N) is 1. The van der Waals surface area contributed by atoms with Crippen LogP contribution in [0.3, 0.4) is 0 Å². The van der Waals surface area contributed by atoms with Crippen molar-refractivity contribution < 1.29 is 14.3 Å². The maximum Gasteiger partial charge on any atom is 0.330 e. The summed E-state index contributed by atoms with van der Waals surface area (Å²) in [6.45, 7) is 5.77. The molecule has 5 nitrogen and oxygen atoms in total. The average molecular weight is 405 g/mol. The first kappa shape index (κ1) is 21.0. The van der Waals surface area contributed by atoms with E-state index in [1.54, 1.807) is 16.7 Å². The van der Waals surface area contributed by atoms with Crippen molar-refractivity contribution in [2.24, 2.45) is 5.92 Å². The molecule has 1 aromatic rings. The van der Waals surface area contributed by atoms with Gasteiger partial charge in [0.15, 0.2) is 0 Å². The summed E-state index contributed by atoms with van der Waals surface area (Å²) in [4.78, 5) is 27.8. The molecule has 1 saturated heterocycles. The van der Waals surface area contributed by atoms with Gasteiger partial charge in [0.2, 0.25) is 0 Å². The Morgan fingerprint density at radius 2 is 1.93 bits per heavy atom. The number of benzene rings is 1. The largest absolute Gasteiger partial charge is 0.461 e. The Labute approximate surface area is 172 Å². The number of esters is 1. The Bertz CT molecular complexity index is 688. The van der Waals surface area contributed by atoms with Crippen molar-refractivity contribution in [1.29, 1.82) is 0 Å². The van der Waals surface area contributed by atoms with Crippen molar-refractivity contribution in [1.82, 2.24) is 4.90 Å². The molecule has 1 N–H and O–H groups in total. The van der Waals surface area contributed by atoms with Crippen LogP contribution in [0.5, 0.6) is 0 Å². The van der Waals surface area contributed by atoms with Crippen LogP contribution >= 0.6 is 11.8 Å². The molecular formula is C22H32N2O3S. The van der Waals surface area contributed by atoms with Crippen molar-refractivity contribution in [2.75, 3.05) is 11.1 Å². The van der Waals surface area contributed by atoms with E-state index in [0.29, 0.717) is 11.7 Å². The van der Waals surface area contributed by atoms with Crippen molar-refractivity contribution in [3.05, 3.63) is 29.8 Å². The van der Waals surface area contributed by atoms with E-state index in [1.165, 1.54) is 19.3 Å². The van der Waals surface area contributed by atoms with Crippen LogP contribution in [-0.2, 0) is 16.0 Å². The third kappa shape index (κ3) is 4.83. The highest BCUT2D eigenvalue weighted by Gasteiger charge is 2.46. The van der Waals surface area contributed by atoms with Gasteiger partial charge >= 0.3 is 12.0 Å². The molecular weight excluding hydrogens is 372 g/mol. The highest BCUT2D eigenvalue weighted by Crippen LogP contribution is 2.41. The number of carbonyl (C=O) groups is 2. The molecule has 1 aliphatic carbocycles. The molecule has 1 saturated carbocycles. The van der Waals surface area contributed by atoms with Crippen LogP contribution in [0.4, 0.5) is 10.5 Å². The lowest BCUT2D eigenvalue weighted by Crippen LogP contribution is -2.50. The van der Waals surface area contributed by atoms with Gasteiger partial charge in [-0.15, -0.1) is 11.8 Å². The van der Waals surface area contributed by atoms with E-state index < -0.39 is 6.04 Å². The number of hydrogen-bond acceptors (Lipinski definition) is 4. The van der Waals surface area contributed by atoms with Gasteiger partial charge in [0.25, 0.3) is 0 Å². The fourth-order valence-electron chi connectivity index (χ4n) is 4.19. The standard InChI is InChI=1S/C22H32N2O3S/c1-4-16-10-8-9-13-18(16)23-22(26)24-19(21(25)27-15(2)3)14-28-20(24)17-11-6-5-7-12-17/h8-10,13,15,17,19-20H,4-7,11-12,14H2,1-3H3,(H,23,26). The highest BCUT2D eigenvalue weighted by molar-refractivity contribution is 8.00. The number of carbonyl (C=O) groups excluding carboxylic acids is 2. The number of hydrogen-bond donors (Lipinski definition) is 1. The Morgan fingerprint density at radius 1 is 1.21 bits per heavy atom. The average Bonchev–Trinajstić information content (AvgIpc) is 3.14. The van der Waals surface area contributed by atoms with E-state index in [-0.39, 0.29) is 23.5 Å². The van der Waals surface area contributed by atoms with Crippen molar-refractivity contribution >= 4 is 29.4 Å². The van der Waals surface area contributed by atoms with E-state index in [2.05, 4.69) is 12.2 Å². The summed E-state index contributed by atoms with van der Waals surface area (Å²) < 4.78 is 5.47. The van der Waals surface area contributed by atoms with E-state index in [1.807, 2.05) is 38.1 Å². The van der Waals surface area contributed by atoms with Crippen molar-refractivity contribution in [3.8, 4) is 0 Å². The Kier molecular flexibility index (Phi) is 7.27. The maximum absolute atomic E-state index is 13.3. The molecule has 154 valence electrons. The third-order valence-corrected chi connectivity index (χ3v) is 7.05. The number of rotatable bonds is 5. The monoisotopic (exact) mass is 404 g/mol. The van der Waals surface area contributed by atoms with Crippen LogP contribution < -0.4 is 5.32 Å². The first-order valence-electron chi connectivity index (χ1n) is 10.5. The van der Waals surface area contributed by atoms with Gasteiger partial charge < -0.3 is 10.1 Å². The summed E-state index contributed by atoms with van der Waals surface area (Å²) in [6, 6.07) is 7.15. The quantitative estimate of drug-likeness (QED) is 0.697. The van der Waals surface area contributed by atoms with Gasteiger partial charge in [-0.1, -0.05) is 44.4 Å². The van der Waals surface area contributed by atoms with E-state index in [9.17, 15) is 9.59 Å². The lowest BCUT2D eigenvalue weighted by molar-refractivity contribution is -0.151. The molecule has 2 unspecified atom stereocenters. The number of thioether (sulfide) groups is 1. The molecule has 2 amide bonds. The Morgan fingerprint density at radius 3 is 2.61 bits per heavy atom. The second-order valence-corrected chi connectivity index (χ2v) is 9.12. The fraction of sp³-hybridized carbons (Fsp3) is 0.636. The summed E-state index contributed by atoms with van der Waals surface area (Å²) in [7, 11) is 0. The minimum Gasteiger partial charge on any atom is -0.461 e. The summed E-state index contributed by atoms with van der Waals surface area (Å²) in [5.41, 5.74) is 1.92. The zero-order valence-corrected chi connectivity index (χ0v) is 18.0. The van der Waals surface area contributed by atoms with Gasteiger partial charge in [-0.25, -0.2) is 9.59 Å². The van der Waals surface area contributed by atoms with E-state index in [0.717, 1.165) is 30.5 Å². The molecule has 6 heteroatoms. The molecule has 1 aromatic carbocycles. The summed E-state index contributed by atoms with van der Waals surface area (Å²) in [5, 5.41) is 3.12. The third-order valence-electron chi connectivity index (χ3n) is 5.59. The zero-order valence-electron chi connectivity index (χ0n) is 17.1. The molecule has 0 bridgehead atoms. The molecule has 2 atom stereocenters. The van der Waals surface area contributed by atoms with Crippen molar-refractivity contribution in [2.45, 2.75) is 76.8 Å². The van der Waals surface area contributed by atoms with Crippen LogP contribution in [0.1, 0.15) is 58.4 Å².